The van der Waals surface area contributed by atoms with Gasteiger partial charge >= 0.3 is 0 Å². The number of carbonyl (C=O) groups excluding carboxylic acids is 1. The second kappa shape index (κ2) is 7.51. The molecule has 0 saturated carbocycles. The third-order valence-electron chi connectivity index (χ3n) is 2.99. The average molecular weight is 302 g/mol. The first-order chi connectivity index (χ1) is 10.5. The molecule has 1 aromatic carbocycles. The molecule has 1 amide bonds. The Kier molecular flexibility index (Phi) is 5.43. The number of halogens is 1. The molecule has 6 heteroatoms. The number of rotatable bonds is 6. The topological polar surface area (TPSA) is 57.3 Å². The lowest BCUT2D eigenvalue weighted by molar-refractivity contribution is 0.102. The van der Waals surface area contributed by atoms with Gasteiger partial charge in [-0.05, 0) is 44.4 Å². The van der Waals surface area contributed by atoms with Crippen LogP contribution in [0, 0.1) is 5.82 Å². The first-order valence-electron chi connectivity index (χ1n) is 6.95. The van der Waals surface area contributed by atoms with Gasteiger partial charge in [-0.2, -0.15) is 0 Å². The number of benzene rings is 1. The fourth-order valence-corrected chi connectivity index (χ4v) is 1.82. The first kappa shape index (κ1) is 15.9. The number of hydrogen-bond donors (Lipinski definition) is 2. The van der Waals surface area contributed by atoms with Crippen LogP contribution < -0.4 is 10.6 Å². The highest BCUT2D eigenvalue weighted by Gasteiger charge is 2.07. The molecule has 1 heterocycles. The largest absolute Gasteiger partial charge is 0.382 e. The van der Waals surface area contributed by atoms with E-state index in [-0.39, 0.29) is 11.7 Å². The summed E-state index contributed by atoms with van der Waals surface area (Å²) < 4.78 is 12.8. The number of pyridine rings is 1. The van der Waals surface area contributed by atoms with Gasteiger partial charge in [0, 0.05) is 31.2 Å². The SMILES string of the molecule is CN(C)CCNc1cncc(C(=O)Nc2ccc(F)cc2)c1. The van der Waals surface area contributed by atoms with E-state index >= 15 is 0 Å². The van der Waals surface area contributed by atoms with Gasteiger partial charge in [0.05, 0.1) is 11.3 Å². The van der Waals surface area contributed by atoms with E-state index in [1.807, 2.05) is 14.1 Å². The Morgan fingerprint density at radius 2 is 1.91 bits per heavy atom. The molecule has 0 saturated heterocycles. The number of carbonyl (C=O) groups is 1. The van der Waals surface area contributed by atoms with E-state index in [4.69, 9.17) is 0 Å². The predicted octanol–water partition coefficient (Wildman–Crippen LogP) is 2.45. The Hall–Kier alpha value is -2.47. The molecular formula is C16H19FN4O. The number of anilines is 2. The van der Waals surface area contributed by atoms with Gasteiger partial charge in [0.2, 0.25) is 0 Å². The molecule has 2 N–H and O–H groups in total. The van der Waals surface area contributed by atoms with Gasteiger partial charge in [-0.25, -0.2) is 4.39 Å². The molecule has 0 fully saturated rings. The normalized spacial score (nSPS) is 10.5. The molecule has 116 valence electrons. The van der Waals surface area contributed by atoms with Crippen LogP contribution in [0.25, 0.3) is 0 Å². The zero-order valence-electron chi connectivity index (χ0n) is 12.6. The third kappa shape index (κ3) is 4.82. The van der Waals surface area contributed by atoms with E-state index in [2.05, 4.69) is 20.5 Å². The highest BCUT2D eigenvalue weighted by atomic mass is 19.1. The molecule has 0 atom stereocenters. The van der Waals surface area contributed by atoms with Crippen molar-refractivity contribution >= 4 is 17.3 Å². The van der Waals surface area contributed by atoms with Crippen molar-refractivity contribution < 1.29 is 9.18 Å². The van der Waals surface area contributed by atoms with Gasteiger partial charge in [-0.3, -0.25) is 9.78 Å². The minimum Gasteiger partial charge on any atom is -0.382 e. The van der Waals surface area contributed by atoms with Crippen molar-refractivity contribution in [1.82, 2.24) is 9.88 Å². The Morgan fingerprint density at radius 3 is 2.59 bits per heavy atom. The molecular weight excluding hydrogens is 283 g/mol. The van der Waals surface area contributed by atoms with Gasteiger partial charge in [-0.15, -0.1) is 0 Å². The van der Waals surface area contributed by atoms with Crippen molar-refractivity contribution in [2.24, 2.45) is 0 Å². The molecule has 22 heavy (non-hydrogen) atoms. The summed E-state index contributed by atoms with van der Waals surface area (Å²) in [6.45, 7) is 1.64. The second-order valence-corrected chi connectivity index (χ2v) is 5.15. The van der Waals surface area contributed by atoms with Crippen LogP contribution in [-0.4, -0.2) is 43.0 Å². The van der Waals surface area contributed by atoms with E-state index in [9.17, 15) is 9.18 Å². The van der Waals surface area contributed by atoms with Gasteiger partial charge < -0.3 is 15.5 Å². The van der Waals surface area contributed by atoms with E-state index in [0.717, 1.165) is 18.8 Å². The Balaban J connectivity index is 1.99. The molecule has 0 bridgehead atoms. The lowest BCUT2D eigenvalue weighted by Gasteiger charge is -2.12. The highest BCUT2D eigenvalue weighted by Crippen LogP contribution is 2.12. The summed E-state index contributed by atoms with van der Waals surface area (Å²) in [5.74, 6) is -0.623. The molecule has 0 aliphatic carbocycles. The predicted molar refractivity (Wildman–Crippen MR) is 85.6 cm³/mol. The van der Waals surface area contributed by atoms with Crippen molar-refractivity contribution in [1.29, 1.82) is 0 Å². The Bertz CT molecular complexity index is 628. The van der Waals surface area contributed by atoms with E-state index in [1.54, 1.807) is 12.3 Å². The maximum Gasteiger partial charge on any atom is 0.257 e. The molecule has 5 nitrogen and oxygen atoms in total. The molecule has 2 aromatic rings. The quantitative estimate of drug-likeness (QED) is 0.860. The van der Waals surface area contributed by atoms with Crippen molar-refractivity contribution in [3.8, 4) is 0 Å². The van der Waals surface area contributed by atoms with Crippen LogP contribution in [0.2, 0.25) is 0 Å². The summed E-state index contributed by atoms with van der Waals surface area (Å²) in [5, 5.41) is 5.91. The van der Waals surface area contributed by atoms with E-state index in [1.165, 1.54) is 30.5 Å². The number of hydrogen-bond acceptors (Lipinski definition) is 4. The molecule has 0 unspecified atom stereocenters. The van der Waals surface area contributed by atoms with E-state index < -0.39 is 0 Å². The van der Waals surface area contributed by atoms with Crippen molar-refractivity contribution in [2.45, 2.75) is 0 Å². The summed E-state index contributed by atoms with van der Waals surface area (Å²) >= 11 is 0. The van der Waals surface area contributed by atoms with Crippen molar-refractivity contribution in [2.75, 3.05) is 37.8 Å². The summed E-state index contributed by atoms with van der Waals surface area (Å²) in [7, 11) is 3.99. The van der Waals surface area contributed by atoms with Crippen molar-refractivity contribution in [3.05, 3.63) is 54.1 Å². The monoisotopic (exact) mass is 302 g/mol. The highest BCUT2D eigenvalue weighted by molar-refractivity contribution is 6.04. The zero-order valence-corrected chi connectivity index (χ0v) is 12.6. The van der Waals surface area contributed by atoms with Gasteiger partial charge in [-0.1, -0.05) is 0 Å². The first-order valence-corrected chi connectivity index (χ1v) is 6.95. The minimum atomic E-state index is -0.341. The number of nitrogens with zero attached hydrogens (tertiary/aromatic N) is 2. The summed E-state index contributed by atoms with van der Waals surface area (Å²) in [6, 6.07) is 7.36. The number of nitrogens with one attached hydrogen (secondary N) is 2. The van der Waals surface area contributed by atoms with Gasteiger partial charge in [0.15, 0.2) is 0 Å². The van der Waals surface area contributed by atoms with Crippen LogP contribution in [0.5, 0.6) is 0 Å². The Labute approximate surface area is 129 Å². The summed E-state index contributed by atoms with van der Waals surface area (Å²) in [5.41, 5.74) is 1.77. The van der Waals surface area contributed by atoms with E-state index in [0.29, 0.717) is 11.3 Å². The fraction of sp³-hybridized carbons (Fsp3) is 0.250. The van der Waals surface area contributed by atoms with Crippen molar-refractivity contribution in [3.63, 3.8) is 0 Å². The number of amides is 1. The van der Waals surface area contributed by atoms with Gasteiger partial charge in [0.1, 0.15) is 5.82 Å². The van der Waals surface area contributed by atoms with Crippen LogP contribution in [-0.2, 0) is 0 Å². The third-order valence-corrected chi connectivity index (χ3v) is 2.99. The molecule has 0 aliphatic heterocycles. The maximum atomic E-state index is 12.8. The average Bonchev–Trinajstić information content (AvgIpc) is 2.49. The standard InChI is InChI=1S/C16H19FN4O/c1-21(2)8-7-19-15-9-12(10-18-11-15)16(22)20-14-5-3-13(17)4-6-14/h3-6,9-11,19H,7-8H2,1-2H3,(H,20,22). The van der Waals surface area contributed by atoms with Crippen LogP contribution in [0.1, 0.15) is 10.4 Å². The van der Waals surface area contributed by atoms with Crippen LogP contribution in [0.4, 0.5) is 15.8 Å². The fourth-order valence-electron chi connectivity index (χ4n) is 1.82. The number of aromatic nitrogens is 1. The molecule has 1 aromatic heterocycles. The smallest absolute Gasteiger partial charge is 0.257 e. The molecule has 0 spiro atoms. The lowest BCUT2D eigenvalue weighted by atomic mass is 10.2. The summed E-state index contributed by atoms with van der Waals surface area (Å²) in [4.78, 5) is 18.3. The molecule has 2 rings (SSSR count). The zero-order chi connectivity index (χ0) is 15.9. The Morgan fingerprint density at radius 1 is 1.18 bits per heavy atom. The molecule has 0 aliphatic rings. The van der Waals surface area contributed by atoms with Crippen LogP contribution in [0.3, 0.4) is 0 Å². The summed E-state index contributed by atoms with van der Waals surface area (Å²) in [6.07, 6.45) is 3.17. The second-order valence-electron chi connectivity index (χ2n) is 5.15. The van der Waals surface area contributed by atoms with Crippen LogP contribution in [0.15, 0.2) is 42.7 Å². The van der Waals surface area contributed by atoms with Crippen LogP contribution >= 0.6 is 0 Å². The van der Waals surface area contributed by atoms with Gasteiger partial charge in [0.25, 0.3) is 5.91 Å². The molecule has 0 radical (unpaired) electrons. The number of likely N-dealkylation sites (N-methyl/N-ethyl adjacent to an activating group) is 1. The minimum absolute atomic E-state index is 0.282. The maximum absolute atomic E-state index is 12.8. The lowest BCUT2D eigenvalue weighted by Crippen LogP contribution is -2.21.